The van der Waals surface area contributed by atoms with E-state index in [4.69, 9.17) is 5.73 Å². The quantitative estimate of drug-likeness (QED) is 0.890. The molecule has 2 aromatic rings. The van der Waals surface area contributed by atoms with Gasteiger partial charge < -0.3 is 11.1 Å². The number of nitrogens with zero attached hydrogens (tertiary/aromatic N) is 2. The van der Waals surface area contributed by atoms with E-state index in [0.29, 0.717) is 12.2 Å². The topological polar surface area (TPSA) is 55.9 Å². The van der Waals surface area contributed by atoms with Crippen molar-refractivity contribution in [1.82, 2.24) is 9.78 Å². The molecule has 4 nitrogen and oxygen atoms in total. The smallest absolute Gasteiger partial charge is 0.148 e. The maximum absolute atomic E-state index is 13.1. The molecule has 1 aromatic heterocycles. The van der Waals surface area contributed by atoms with E-state index in [-0.39, 0.29) is 11.9 Å². The van der Waals surface area contributed by atoms with Crippen LogP contribution in [0.15, 0.2) is 24.3 Å². The maximum atomic E-state index is 13.1. The van der Waals surface area contributed by atoms with Crippen LogP contribution in [0.25, 0.3) is 0 Å². The largest absolute Gasteiger partial charge is 0.394 e. The highest BCUT2D eigenvalue weighted by molar-refractivity contribution is 5.65. The van der Waals surface area contributed by atoms with Crippen molar-refractivity contribution < 1.29 is 4.39 Å². The molecule has 102 valence electrons. The summed E-state index contributed by atoms with van der Waals surface area (Å²) in [5.41, 5.74) is 8.33. The van der Waals surface area contributed by atoms with Crippen molar-refractivity contribution in [2.75, 3.05) is 11.1 Å². The Morgan fingerprint density at radius 3 is 2.79 bits per heavy atom. The molecule has 0 radical (unpaired) electrons. The van der Waals surface area contributed by atoms with E-state index in [1.807, 2.05) is 31.5 Å². The number of rotatable bonds is 4. The number of benzene rings is 1. The van der Waals surface area contributed by atoms with Gasteiger partial charge in [0.25, 0.3) is 0 Å². The van der Waals surface area contributed by atoms with Crippen LogP contribution in [0, 0.1) is 12.7 Å². The number of hydrogen-bond acceptors (Lipinski definition) is 3. The highest BCUT2D eigenvalue weighted by atomic mass is 19.1. The second-order valence-corrected chi connectivity index (χ2v) is 4.87. The van der Waals surface area contributed by atoms with Gasteiger partial charge in [0, 0.05) is 12.6 Å². The summed E-state index contributed by atoms with van der Waals surface area (Å²) >= 11 is 0. The van der Waals surface area contributed by atoms with Gasteiger partial charge in [0.2, 0.25) is 0 Å². The molecule has 0 saturated heterocycles. The number of aromatic nitrogens is 2. The van der Waals surface area contributed by atoms with Gasteiger partial charge in [0.05, 0.1) is 11.4 Å². The molecular formula is C14H19FN4. The Balaban J connectivity index is 2.19. The van der Waals surface area contributed by atoms with Crippen molar-refractivity contribution in [2.24, 2.45) is 0 Å². The Morgan fingerprint density at radius 1 is 1.42 bits per heavy atom. The molecule has 0 aliphatic heterocycles. The summed E-state index contributed by atoms with van der Waals surface area (Å²) in [5, 5.41) is 7.63. The summed E-state index contributed by atoms with van der Waals surface area (Å²) in [7, 11) is 0. The van der Waals surface area contributed by atoms with Gasteiger partial charge in [0.15, 0.2) is 0 Å². The molecular weight excluding hydrogens is 243 g/mol. The van der Waals surface area contributed by atoms with Crippen LogP contribution < -0.4 is 11.1 Å². The summed E-state index contributed by atoms with van der Waals surface area (Å²) in [6, 6.07) is 6.72. The molecule has 2 rings (SSSR count). The third kappa shape index (κ3) is 2.86. The van der Waals surface area contributed by atoms with Gasteiger partial charge in [-0.2, -0.15) is 5.10 Å². The lowest BCUT2D eigenvalue weighted by molar-refractivity contribution is 0.534. The standard InChI is InChI=1S/C14H19FN4/c1-9(2)19-14(13(16)10(3)18-19)17-8-11-5-4-6-12(15)7-11/h4-7,9,17H,8,16H2,1-3H3. The Morgan fingerprint density at radius 2 is 2.16 bits per heavy atom. The van der Waals surface area contributed by atoms with E-state index in [9.17, 15) is 4.39 Å². The Labute approximate surface area is 112 Å². The molecule has 1 heterocycles. The summed E-state index contributed by atoms with van der Waals surface area (Å²) in [6.45, 7) is 6.47. The van der Waals surface area contributed by atoms with Crippen LogP contribution >= 0.6 is 0 Å². The molecule has 0 unspecified atom stereocenters. The zero-order valence-electron chi connectivity index (χ0n) is 11.4. The minimum atomic E-state index is -0.235. The van der Waals surface area contributed by atoms with Crippen LogP contribution in [-0.4, -0.2) is 9.78 Å². The highest BCUT2D eigenvalue weighted by Gasteiger charge is 2.14. The molecule has 0 fully saturated rings. The second kappa shape index (κ2) is 5.30. The molecule has 0 saturated carbocycles. The number of halogens is 1. The van der Waals surface area contributed by atoms with Crippen LogP contribution in [0.1, 0.15) is 31.1 Å². The lowest BCUT2D eigenvalue weighted by Crippen LogP contribution is -2.11. The fourth-order valence-corrected chi connectivity index (χ4v) is 1.94. The van der Waals surface area contributed by atoms with Crippen molar-refractivity contribution >= 4 is 11.5 Å². The van der Waals surface area contributed by atoms with Crippen LogP contribution in [0.3, 0.4) is 0 Å². The molecule has 1 aromatic carbocycles. The second-order valence-electron chi connectivity index (χ2n) is 4.87. The van der Waals surface area contributed by atoms with E-state index in [1.165, 1.54) is 12.1 Å². The monoisotopic (exact) mass is 262 g/mol. The highest BCUT2D eigenvalue weighted by Crippen LogP contribution is 2.25. The first-order chi connectivity index (χ1) is 8.99. The predicted octanol–water partition coefficient (Wildman–Crippen LogP) is 3.11. The molecule has 0 bridgehead atoms. The first-order valence-corrected chi connectivity index (χ1v) is 6.32. The maximum Gasteiger partial charge on any atom is 0.148 e. The molecule has 5 heteroatoms. The summed E-state index contributed by atoms with van der Waals surface area (Å²) < 4.78 is 15.0. The van der Waals surface area contributed by atoms with Crippen molar-refractivity contribution in [3.63, 3.8) is 0 Å². The lowest BCUT2D eigenvalue weighted by atomic mass is 10.2. The molecule has 0 atom stereocenters. The van der Waals surface area contributed by atoms with Gasteiger partial charge >= 0.3 is 0 Å². The zero-order valence-corrected chi connectivity index (χ0v) is 11.4. The van der Waals surface area contributed by atoms with E-state index in [2.05, 4.69) is 10.4 Å². The third-order valence-electron chi connectivity index (χ3n) is 2.97. The van der Waals surface area contributed by atoms with Gasteiger partial charge in [-0.15, -0.1) is 0 Å². The third-order valence-corrected chi connectivity index (χ3v) is 2.97. The molecule has 19 heavy (non-hydrogen) atoms. The minimum absolute atomic E-state index is 0.214. The summed E-state index contributed by atoms with van der Waals surface area (Å²) in [6.07, 6.45) is 0. The summed E-state index contributed by atoms with van der Waals surface area (Å²) in [5.74, 6) is 0.553. The normalized spacial score (nSPS) is 11.0. The van der Waals surface area contributed by atoms with Crippen molar-refractivity contribution in [3.05, 3.63) is 41.3 Å². The Bertz CT molecular complexity index is 575. The zero-order chi connectivity index (χ0) is 14.0. The molecule has 0 aliphatic rings. The fourth-order valence-electron chi connectivity index (χ4n) is 1.94. The van der Waals surface area contributed by atoms with Crippen LogP contribution in [0.5, 0.6) is 0 Å². The number of nitrogens with two attached hydrogens (primary N) is 1. The fraction of sp³-hybridized carbons (Fsp3) is 0.357. The molecule has 0 spiro atoms. The predicted molar refractivity (Wildman–Crippen MR) is 75.5 cm³/mol. The van der Waals surface area contributed by atoms with Gasteiger partial charge in [-0.05, 0) is 38.5 Å². The van der Waals surface area contributed by atoms with E-state index in [0.717, 1.165) is 17.1 Å². The van der Waals surface area contributed by atoms with Crippen LogP contribution in [-0.2, 0) is 6.54 Å². The van der Waals surface area contributed by atoms with Gasteiger partial charge in [-0.1, -0.05) is 12.1 Å². The van der Waals surface area contributed by atoms with Crippen molar-refractivity contribution in [1.29, 1.82) is 0 Å². The van der Waals surface area contributed by atoms with Gasteiger partial charge in [0.1, 0.15) is 11.6 Å². The molecule has 0 amide bonds. The average molecular weight is 262 g/mol. The van der Waals surface area contributed by atoms with E-state index in [1.54, 1.807) is 6.07 Å². The number of hydrogen-bond donors (Lipinski definition) is 2. The minimum Gasteiger partial charge on any atom is -0.394 e. The molecule has 0 aliphatic carbocycles. The Hall–Kier alpha value is -2.04. The van der Waals surface area contributed by atoms with Crippen LogP contribution in [0.4, 0.5) is 15.9 Å². The first kappa shape index (κ1) is 13.4. The number of anilines is 2. The number of nitrogen functional groups attached to an aromatic ring is 1. The average Bonchev–Trinajstić information content (AvgIpc) is 2.64. The SMILES string of the molecule is Cc1nn(C(C)C)c(NCc2cccc(F)c2)c1N. The van der Waals surface area contributed by atoms with Gasteiger partial charge in [-0.25, -0.2) is 9.07 Å². The lowest BCUT2D eigenvalue weighted by Gasteiger charge is -2.13. The number of aryl methyl sites for hydroxylation is 1. The van der Waals surface area contributed by atoms with Crippen LogP contribution in [0.2, 0.25) is 0 Å². The first-order valence-electron chi connectivity index (χ1n) is 6.32. The van der Waals surface area contributed by atoms with Crippen molar-refractivity contribution in [2.45, 2.75) is 33.4 Å². The summed E-state index contributed by atoms with van der Waals surface area (Å²) in [4.78, 5) is 0. The van der Waals surface area contributed by atoms with E-state index >= 15 is 0 Å². The van der Waals surface area contributed by atoms with Crippen molar-refractivity contribution in [3.8, 4) is 0 Å². The van der Waals surface area contributed by atoms with Gasteiger partial charge in [-0.3, -0.25) is 0 Å². The Kier molecular flexibility index (Phi) is 3.74. The molecule has 3 N–H and O–H groups in total. The van der Waals surface area contributed by atoms with E-state index < -0.39 is 0 Å². The number of nitrogens with one attached hydrogen (secondary N) is 1.